The van der Waals surface area contributed by atoms with E-state index in [1.807, 2.05) is 36.5 Å². The van der Waals surface area contributed by atoms with Crippen molar-refractivity contribution in [3.05, 3.63) is 64.3 Å². The van der Waals surface area contributed by atoms with Crippen LogP contribution >= 0.6 is 23.2 Å². The number of carbonyl (C=O) groups excluding carboxylic acids is 1. The summed E-state index contributed by atoms with van der Waals surface area (Å²) >= 11 is 12.0. The predicted octanol–water partition coefficient (Wildman–Crippen LogP) is 5.15. The molecule has 1 fully saturated rings. The Bertz CT molecular complexity index is 895. The van der Waals surface area contributed by atoms with Gasteiger partial charge in [-0.25, -0.2) is 0 Å². The highest BCUT2D eigenvalue weighted by molar-refractivity contribution is 6.31. The highest BCUT2D eigenvalue weighted by Crippen LogP contribution is 2.51. The first-order valence-corrected chi connectivity index (χ1v) is 8.18. The van der Waals surface area contributed by atoms with Crippen LogP contribution in [0, 0.1) is 0 Å². The molecule has 5 heteroatoms. The molecule has 23 heavy (non-hydrogen) atoms. The maximum Gasteiger partial charge on any atom is 0.235 e. The summed E-state index contributed by atoms with van der Waals surface area (Å²) < 4.78 is 0. The van der Waals surface area contributed by atoms with Gasteiger partial charge in [-0.1, -0.05) is 23.2 Å². The normalized spacial score (nSPS) is 15.6. The maximum atomic E-state index is 12.8. The van der Waals surface area contributed by atoms with E-state index in [9.17, 15) is 4.79 Å². The third kappa shape index (κ3) is 2.50. The highest BCUT2D eigenvalue weighted by Gasteiger charge is 2.52. The van der Waals surface area contributed by atoms with Crippen LogP contribution in [0.5, 0.6) is 0 Å². The van der Waals surface area contributed by atoms with E-state index in [0.717, 1.165) is 35.0 Å². The number of amides is 1. The van der Waals surface area contributed by atoms with E-state index in [2.05, 4.69) is 10.3 Å². The van der Waals surface area contributed by atoms with Gasteiger partial charge in [0.1, 0.15) is 0 Å². The first kappa shape index (κ1) is 14.6. The molecule has 3 nitrogen and oxygen atoms in total. The lowest BCUT2D eigenvalue weighted by atomic mass is 9.94. The summed E-state index contributed by atoms with van der Waals surface area (Å²) in [6, 6.07) is 12.8. The van der Waals surface area contributed by atoms with Crippen LogP contribution in [-0.4, -0.2) is 10.9 Å². The van der Waals surface area contributed by atoms with Crippen molar-refractivity contribution in [2.24, 2.45) is 0 Å². The Hall–Kier alpha value is -1.97. The summed E-state index contributed by atoms with van der Waals surface area (Å²) in [4.78, 5) is 16.0. The van der Waals surface area contributed by atoms with E-state index in [-0.39, 0.29) is 5.91 Å². The number of nitrogens with one attached hydrogen (secondary N) is 2. The molecule has 1 saturated carbocycles. The molecule has 0 aliphatic heterocycles. The van der Waals surface area contributed by atoms with E-state index in [4.69, 9.17) is 23.2 Å². The SMILES string of the molecule is O=C(Nc1ccc(Cl)cc1)C1(c2c[nH]c3ccc(Cl)cc23)CC1. The van der Waals surface area contributed by atoms with Crippen LogP contribution in [0.15, 0.2) is 48.7 Å². The molecule has 0 bridgehead atoms. The third-order valence-corrected chi connectivity index (χ3v) is 4.93. The Labute approximate surface area is 143 Å². The average molecular weight is 345 g/mol. The van der Waals surface area contributed by atoms with Crippen LogP contribution < -0.4 is 5.32 Å². The molecule has 1 amide bonds. The zero-order chi connectivity index (χ0) is 16.0. The third-order valence-electron chi connectivity index (χ3n) is 4.45. The minimum Gasteiger partial charge on any atom is -0.361 e. The second-order valence-corrected chi connectivity index (χ2v) is 6.81. The lowest BCUT2D eigenvalue weighted by Crippen LogP contribution is -2.27. The fourth-order valence-corrected chi connectivity index (χ4v) is 3.31. The Morgan fingerprint density at radius 1 is 1.04 bits per heavy atom. The van der Waals surface area contributed by atoms with Gasteiger partial charge in [-0.3, -0.25) is 4.79 Å². The number of H-pyrrole nitrogens is 1. The van der Waals surface area contributed by atoms with Crippen molar-refractivity contribution in [1.29, 1.82) is 0 Å². The number of carbonyl (C=O) groups is 1. The van der Waals surface area contributed by atoms with Gasteiger partial charge in [0.05, 0.1) is 5.41 Å². The van der Waals surface area contributed by atoms with Crippen molar-refractivity contribution in [2.45, 2.75) is 18.3 Å². The molecule has 2 N–H and O–H groups in total. The van der Waals surface area contributed by atoms with Gasteiger partial charge in [-0.05, 0) is 60.9 Å². The van der Waals surface area contributed by atoms with Crippen molar-refractivity contribution in [3.63, 3.8) is 0 Å². The zero-order valence-electron chi connectivity index (χ0n) is 12.2. The molecule has 1 aromatic heterocycles. The molecular weight excluding hydrogens is 331 g/mol. The van der Waals surface area contributed by atoms with Crippen molar-refractivity contribution in [2.75, 3.05) is 5.32 Å². The van der Waals surface area contributed by atoms with Gasteiger partial charge in [0.25, 0.3) is 0 Å². The molecule has 0 spiro atoms. The van der Waals surface area contributed by atoms with E-state index in [0.29, 0.717) is 10.0 Å². The second kappa shape index (κ2) is 5.29. The smallest absolute Gasteiger partial charge is 0.235 e. The fraction of sp³-hybridized carbons (Fsp3) is 0.167. The number of aromatic amines is 1. The fourth-order valence-electron chi connectivity index (χ4n) is 3.02. The Kier molecular flexibility index (Phi) is 3.36. The van der Waals surface area contributed by atoms with Crippen LogP contribution in [0.4, 0.5) is 5.69 Å². The van der Waals surface area contributed by atoms with Gasteiger partial charge in [-0.2, -0.15) is 0 Å². The number of hydrogen-bond donors (Lipinski definition) is 2. The molecule has 3 aromatic rings. The van der Waals surface area contributed by atoms with Crippen molar-refractivity contribution < 1.29 is 4.79 Å². The van der Waals surface area contributed by atoms with Crippen LogP contribution in [-0.2, 0) is 10.2 Å². The topological polar surface area (TPSA) is 44.9 Å². The molecular formula is C18H14Cl2N2O. The number of anilines is 1. The number of halogens is 2. The van der Waals surface area contributed by atoms with E-state index in [1.165, 1.54) is 0 Å². The summed E-state index contributed by atoms with van der Waals surface area (Å²) in [7, 11) is 0. The molecule has 116 valence electrons. The molecule has 0 unspecified atom stereocenters. The lowest BCUT2D eigenvalue weighted by molar-refractivity contribution is -0.118. The largest absolute Gasteiger partial charge is 0.361 e. The quantitative estimate of drug-likeness (QED) is 0.678. The summed E-state index contributed by atoms with van der Waals surface area (Å²) in [6.45, 7) is 0. The number of hydrogen-bond acceptors (Lipinski definition) is 1. The first-order chi connectivity index (χ1) is 11.1. The first-order valence-electron chi connectivity index (χ1n) is 7.43. The molecule has 0 atom stereocenters. The molecule has 0 saturated heterocycles. The van der Waals surface area contributed by atoms with Crippen molar-refractivity contribution >= 4 is 45.7 Å². The molecule has 2 aromatic carbocycles. The van der Waals surface area contributed by atoms with E-state index in [1.54, 1.807) is 12.1 Å². The minimum absolute atomic E-state index is 0.0145. The van der Waals surface area contributed by atoms with Crippen LogP contribution in [0.25, 0.3) is 10.9 Å². The highest BCUT2D eigenvalue weighted by atomic mass is 35.5. The molecule has 0 radical (unpaired) electrons. The van der Waals surface area contributed by atoms with Gasteiger partial charge in [0.2, 0.25) is 5.91 Å². The van der Waals surface area contributed by atoms with Gasteiger partial charge in [0, 0.05) is 32.8 Å². The van der Waals surface area contributed by atoms with Gasteiger partial charge in [0.15, 0.2) is 0 Å². The standard InChI is InChI=1S/C18H14Cl2N2O/c19-11-1-4-13(5-2-11)22-17(23)18(7-8-18)15-10-21-16-6-3-12(20)9-14(15)16/h1-6,9-10,21H,7-8H2,(H,22,23). The minimum atomic E-state index is -0.470. The van der Waals surface area contributed by atoms with Crippen LogP contribution in [0.3, 0.4) is 0 Å². The number of fused-ring (bicyclic) bond motifs is 1. The maximum absolute atomic E-state index is 12.8. The Morgan fingerprint density at radius 2 is 1.74 bits per heavy atom. The lowest BCUT2D eigenvalue weighted by Gasteiger charge is -2.15. The summed E-state index contributed by atoms with van der Waals surface area (Å²) in [5.41, 5.74) is 2.29. The Balaban J connectivity index is 1.68. The molecule has 1 aliphatic rings. The van der Waals surface area contributed by atoms with Crippen LogP contribution in [0.1, 0.15) is 18.4 Å². The summed E-state index contributed by atoms with van der Waals surface area (Å²) in [6.07, 6.45) is 3.60. The van der Waals surface area contributed by atoms with Gasteiger partial charge >= 0.3 is 0 Å². The predicted molar refractivity (Wildman–Crippen MR) is 94.3 cm³/mol. The molecule has 1 heterocycles. The molecule has 4 rings (SSSR count). The monoisotopic (exact) mass is 344 g/mol. The van der Waals surface area contributed by atoms with Crippen molar-refractivity contribution in [1.82, 2.24) is 4.98 Å². The van der Waals surface area contributed by atoms with Crippen molar-refractivity contribution in [3.8, 4) is 0 Å². The van der Waals surface area contributed by atoms with E-state index < -0.39 is 5.41 Å². The zero-order valence-corrected chi connectivity index (χ0v) is 13.7. The average Bonchev–Trinajstić information content (AvgIpc) is 3.24. The number of benzene rings is 2. The summed E-state index contributed by atoms with van der Waals surface area (Å²) in [5, 5.41) is 5.33. The van der Waals surface area contributed by atoms with Gasteiger partial charge < -0.3 is 10.3 Å². The number of aromatic nitrogens is 1. The number of rotatable bonds is 3. The van der Waals surface area contributed by atoms with Crippen LogP contribution in [0.2, 0.25) is 10.0 Å². The molecule has 1 aliphatic carbocycles. The summed E-state index contributed by atoms with van der Waals surface area (Å²) in [5.74, 6) is 0.0145. The van der Waals surface area contributed by atoms with E-state index >= 15 is 0 Å². The Morgan fingerprint density at radius 3 is 2.43 bits per heavy atom. The van der Waals surface area contributed by atoms with Gasteiger partial charge in [-0.15, -0.1) is 0 Å². The second-order valence-electron chi connectivity index (χ2n) is 5.94.